The Morgan fingerprint density at radius 3 is 2.49 bits per heavy atom. The average molecular weight is 578 g/mol. The molecule has 1 fully saturated rings. The summed E-state index contributed by atoms with van der Waals surface area (Å²) in [5.41, 5.74) is 6.97. The Morgan fingerprint density at radius 2 is 1.77 bits per heavy atom. The summed E-state index contributed by atoms with van der Waals surface area (Å²) in [4.78, 5) is 22.2. The molecule has 1 aliphatic carbocycles. The summed E-state index contributed by atoms with van der Waals surface area (Å²) in [6, 6.07) is 16.1. The van der Waals surface area contributed by atoms with E-state index in [0.29, 0.717) is 24.2 Å². The van der Waals surface area contributed by atoms with Gasteiger partial charge in [-0.15, -0.1) is 0 Å². The van der Waals surface area contributed by atoms with Crippen LogP contribution in [0, 0.1) is 13.8 Å². The number of aliphatic hydroxyl groups is 1. The number of carbonyl (C=O) groups excluding carboxylic acids is 1. The van der Waals surface area contributed by atoms with Gasteiger partial charge < -0.3 is 30.0 Å². The molecule has 0 bridgehead atoms. The highest BCUT2D eigenvalue weighted by Gasteiger charge is 2.28. The molecule has 0 saturated heterocycles. The fraction of sp³-hybridized carbons (Fsp3) is 0.324. The highest BCUT2D eigenvalue weighted by molar-refractivity contribution is 6.28. The molecule has 3 aromatic carbocycles. The van der Waals surface area contributed by atoms with Crippen LogP contribution in [-0.4, -0.2) is 52.3 Å². The lowest BCUT2D eigenvalue weighted by Crippen LogP contribution is -2.38. The van der Waals surface area contributed by atoms with Gasteiger partial charge in [-0.1, -0.05) is 35.5 Å². The smallest absolute Gasteiger partial charge is 0.252 e. The first-order valence-corrected chi connectivity index (χ1v) is 14.8. The molecule has 0 radical (unpaired) electrons. The van der Waals surface area contributed by atoms with E-state index in [4.69, 9.17) is 14.3 Å². The van der Waals surface area contributed by atoms with Gasteiger partial charge in [-0.3, -0.25) is 9.79 Å². The number of aromatic nitrogens is 2. The summed E-state index contributed by atoms with van der Waals surface area (Å²) in [5, 5.41) is 23.5. The molecule has 1 amide bonds. The Kier molecular flexibility index (Phi) is 6.69. The predicted octanol–water partition coefficient (Wildman–Crippen LogP) is 6.24. The molecule has 2 aliphatic rings. The zero-order valence-electron chi connectivity index (χ0n) is 24.7. The number of aryl methyl sites for hydroxylation is 2. The SMILES string of the molecule is COc1cc2c3c([nH]c2cc1-c1c(C)noc1C)NC(C)N=C3c1ccc(C(=O)NC2CCC(O)CC2)c2ccccc12. The Labute approximate surface area is 249 Å². The molecule has 1 aliphatic heterocycles. The lowest BCUT2D eigenvalue weighted by atomic mass is 9.90. The van der Waals surface area contributed by atoms with E-state index in [1.807, 2.05) is 57.2 Å². The van der Waals surface area contributed by atoms with Crippen molar-refractivity contribution in [1.29, 1.82) is 0 Å². The Morgan fingerprint density at radius 1 is 1.00 bits per heavy atom. The Hall–Kier alpha value is -4.63. The number of amides is 1. The first-order chi connectivity index (χ1) is 20.8. The van der Waals surface area contributed by atoms with E-state index in [2.05, 4.69) is 32.9 Å². The van der Waals surface area contributed by atoms with Crippen molar-refractivity contribution < 1.29 is 19.2 Å². The molecule has 4 N–H and O–H groups in total. The number of H-pyrrole nitrogens is 1. The van der Waals surface area contributed by atoms with Crippen molar-refractivity contribution in [1.82, 2.24) is 15.5 Å². The van der Waals surface area contributed by atoms with Crippen LogP contribution in [-0.2, 0) is 0 Å². The van der Waals surface area contributed by atoms with E-state index in [1.165, 1.54) is 0 Å². The van der Waals surface area contributed by atoms with Gasteiger partial charge in [-0.2, -0.15) is 0 Å². The normalized spacial score (nSPS) is 20.0. The summed E-state index contributed by atoms with van der Waals surface area (Å²) in [6.45, 7) is 5.86. The number of benzene rings is 3. The second-order valence-corrected chi connectivity index (χ2v) is 11.7. The number of aromatic amines is 1. The predicted molar refractivity (Wildman–Crippen MR) is 168 cm³/mol. The molecule has 0 spiro atoms. The molecule has 1 saturated carbocycles. The summed E-state index contributed by atoms with van der Waals surface area (Å²) in [5.74, 6) is 2.25. The van der Waals surface area contributed by atoms with Crippen molar-refractivity contribution in [3.05, 3.63) is 76.7 Å². The molecule has 1 atom stereocenters. The van der Waals surface area contributed by atoms with Crippen LogP contribution in [0.2, 0.25) is 0 Å². The van der Waals surface area contributed by atoms with Crippen LogP contribution in [0.25, 0.3) is 32.8 Å². The molecule has 9 heteroatoms. The van der Waals surface area contributed by atoms with E-state index in [9.17, 15) is 9.90 Å². The number of ether oxygens (including phenoxy) is 1. The van der Waals surface area contributed by atoms with E-state index in [0.717, 1.165) is 79.8 Å². The monoisotopic (exact) mass is 577 g/mol. The second-order valence-electron chi connectivity index (χ2n) is 11.7. The molecular formula is C34H35N5O4. The summed E-state index contributed by atoms with van der Waals surface area (Å²) < 4.78 is 11.3. The lowest BCUT2D eigenvalue weighted by molar-refractivity contribution is 0.0869. The maximum atomic E-state index is 13.5. The highest BCUT2D eigenvalue weighted by atomic mass is 16.5. The maximum Gasteiger partial charge on any atom is 0.252 e. The van der Waals surface area contributed by atoms with Crippen LogP contribution >= 0.6 is 0 Å². The number of rotatable bonds is 5. The third-order valence-electron chi connectivity index (χ3n) is 8.79. The topological polar surface area (TPSA) is 125 Å². The molecule has 7 rings (SSSR count). The van der Waals surface area contributed by atoms with Crippen molar-refractivity contribution in [3.8, 4) is 16.9 Å². The molecular weight excluding hydrogens is 542 g/mol. The summed E-state index contributed by atoms with van der Waals surface area (Å²) >= 11 is 0. The van der Waals surface area contributed by atoms with Crippen LogP contribution in [0.1, 0.15) is 65.5 Å². The van der Waals surface area contributed by atoms with Crippen LogP contribution in [0.3, 0.4) is 0 Å². The van der Waals surface area contributed by atoms with E-state index < -0.39 is 0 Å². The molecule has 3 heterocycles. The summed E-state index contributed by atoms with van der Waals surface area (Å²) in [6.07, 6.45) is 2.58. The van der Waals surface area contributed by atoms with Crippen LogP contribution in [0.4, 0.5) is 5.82 Å². The van der Waals surface area contributed by atoms with Gasteiger partial charge in [0.25, 0.3) is 5.91 Å². The van der Waals surface area contributed by atoms with Gasteiger partial charge in [0.2, 0.25) is 0 Å². The quantitative estimate of drug-likeness (QED) is 0.196. The number of anilines is 1. The van der Waals surface area contributed by atoms with E-state index in [-0.39, 0.29) is 24.2 Å². The molecule has 43 heavy (non-hydrogen) atoms. The maximum absolute atomic E-state index is 13.5. The lowest BCUT2D eigenvalue weighted by Gasteiger charge is -2.26. The number of fused-ring (bicyclic) bond motifs is 4. The fourth-order valence-corrected chi connectivity index (χ4v) is 6.70. The molecule has 5 aromatic rings. The highest BCUT2D eigenvalue weighted by Crippen LogP contribution is 2.42. The number of aliphatic hydroxyl groups excluding tert-OH is 1. The number of nitrogens with one attached hydrogen (secondary N) is 3. The van der Waals surface area contributed by atoms with Crippen molar-refractivity contribution in [2.75, 3.05) is 12.4 Å². The van der Waals surface area contributed by atoms with Gasteiger partial charge in [-0.05, 0) is 75.4 Å². The van der Waals surface area contributed by atoms with Gasteiger partial charge in [0, 0.05) is 33.6 Å². The molecule has 220 valence electrons. The van der Waals surface area contributed by atoms with Gasteiger partial charge in [0.15, 0.2) is 0 Å². The minimum atomic E-state index is -0.265. The van der Waals surface area contributed by atoms with Crippen LogP contribution in [0.15, 0.2) is 58.0 Å². The van der Waals surface area contributed by atoms with Gasteiger partial charge >= 0.3 is 0 Å². The fourth-order valence-electron chi connectivity index (χ4n) is 6.70. The average Bonchev–Trinajstić information content (AvgIpc) is 3.53. The molecule has 2 aromatic heterocycles. The van der Waals surface area contributed by atoms with Crippen LogP contribution < -0.4 is 15.4 Å². The van der Waals surface area contributed by atoms with Crippen LogP contribution in [0.5, 0.6) is 5.75 Å². The zero-order chi connectivity index (χ0) is 29.8. The zero-order valence-corrected chi connectivity index (χ0v) is 24.7. The third-order valence-corrected chi connectivity index (χ3v) is 8.79. The third kappa shape index (κ3) is 4.64. The van der Waals surface area contributed by atoms with Crippen molar-refractivity contribution >= 4 is 39.1 Å². The largest absolute Gasteiger partial charge is 0.496 e. The number of nitrogens with zero attached hydrogens (tertiary/aromatic N) is 2. The van der Waals surface area contributed by atoms with E-state index in [1.54, 1.807) is 7.11 Å². The van der Waals surface area contributed by atoms with Gasteiger partial charge in [0.05, 0.1) is 35.7 Å². The number of hydrogen-bond acceptors (Lipinski definition) is 7. The minimum Gasteiger partial charge on any atom is -0.496 e. The van der Waals surface area contributed by atoms with Crippen molar-refractivity contribution in [2.45, 2.75) is 64.8 Å². The minimum absolute atomic E-state index is 0.0723. The Balaban J connectivity index is 1.34. The second kappa shape index (κ2) is 10.6. The Bertz CT molecular complexity index is 1890. The number of carbonyl (C=O) groups is 1. The van der Waals surface area contributed by atoms with Gasteiger partial charge in [0.1, 0.15) is 23.5 Å². The first kappa shape index (κ1) is 27.2. The standard InChI is InChI=1S/C34H35N5O4/c1-17-30(18(2)43-39-17)27-15-28-26(16-29(27)42-4)31-32(35-19(3)36-33(31)38-28)24-13-14-25(23-8-6-5-7-22(23)24)34(41)37-20-9-11-21(40)12-10-20/h5-8,13-16,19-21,36,38,40H,9-12H2,1-4H3,(H,37,41). The molecule has 9 nitrogen and oxygen atoms in total. The number of hydrogen-bond donors (Lipinski definition) is 4. The van der Waals surface area contributed by atoms with Gasteiger partial charge in [-0.25, -0.2) is 0 Å². The first-order valence-electron chi connectivity index (χ1n) is 14.8. The number of methoxy groups -OCH3 is 1. The van der Waals surface area contributed by atoms with Crippen molar-refractivity contribution in [3.63, 3.8) is 0 Å². The van der Waals surface area contributed by atoms with E-state index >= 15 is 0 Å². The molecule has 1 unspecified atom stereocenters. The number of aliphatic imine (C=N–C) groups is 1. The van der Waals surface area contributed by atoms with Crippen molar-refractivity contribution in [2.24, 2.45) is 4.99 Å². The summed E-state index contributed by atoms with van der Waals surface area (Å²) in [7, 11) is 1.67.